The second-order valence-electron chi connectivity index (χ2n) is 5.95. The van der Waals surface area contributed by atoms with Gasteiger partial charge in [0, 0.05) is 18.3 Å². The zero-order valence-corrected chi connectivity index (χ0v) is 10.8. The van der Waals surface area contributed by atoms with Crippen LogP contribution in [0.25, 0.3) is 0 Å². The van der Waals surface area contributed by atoms with E-state index in [0.717, 1.165) is 0 Å². The molecule has 0 bridgehead atoms. The second-order valence-corrected chi connectivity index (χ2v) is 5.95. The van der Waals surface area contributed by atoms with E-state index in [1.165, 1.54) is 0 Å². The Morgan fingerprint density at radius 3 is 2.12 bits per heavy atom. The van der Waals surface area contributed by atoms with Crippen LogP contribution >= 0.6 is 0 Å². The van der Waals surface area contributed by atoms with Crippen LogP contribution in [0.4, 0.5) is 8.78 Å². The first-order valence-electron chi connectivity index (χ1n) is 6.09. The highest BCUT2D eigenvalue weighted by molar-refractivity contribution is 6.47. The summed E-state index contributed by atoms with van der Waals surface area (Å²) in [4.78, 5) is 0. The normalized spacial score (nSPS) is 35.8. The molecule has 1 N–H and O–H groups in total. The Kier molecular flexibility index (Phi) is 3.25. The predicted molar refractivity (Wildman–Crippen MR) is 62.2 cm³/mol. The number of hydrogen-bond donors (Lipinski definition) is 1. The van der Waals surface area contributed by atoms with Gasteiger partial charge in [0.15, 0.2) is 0 Å². The minimum atomic E-state index is -2.32. The maximum atomic E-state index is 12.9. The van der Waals surface area contributed by atoms with E-state index in [4.69, 9.17) is 9.31 Å². The molecule has 0 aliphatic carbocycles. The van der Waals surface area contributed by atoms with Crippen molar-refractivity contribution in [2.75, 3.05) is 13.1 Å². The van der Waals surface area contributed by atoms with Crippen LogP contribution in [0, 0.1) is 5.92 Å². The van der Waals surface area contributed by atoms with Crippen molar-refractivity contribution >= 4 is 7.12 Å². The lowest BCUT2D eigenvalue weighted by Crippen LogP contribution is -2.41. The number of alkyl halides is 2. The van der Waals surface area contributed by atoms with E-state index < -0.39 is 30.7 Å². The van der Waals surface area contributed by atoms with Crippen molar-refractivity contribution in [3.05, 3.63) is 0 Å². The molecule has 2 heterocycles. The Morgan fingerprint density at radius 1 is 1.12 bits per heavy atom. The SMILES string of the molecule is CC1(C)OB(C2CNCC2C(F)F)OC1(C)C. The Morgan fingerprint density at radius 2 is 1.65 bits per heavy atom. The fraction of sp³-hybridized carbons (Fsp3) is 1.00. The van der Waals surface area contributed by atoms with Crippen molar-refractivity contribution < 1.29 is 18.1 Å². The molecule has 2 fully saturated rings. The maximum Gasteiger partial charge on any atom is 0.463 e. The van der Waals surface area contributed by atoms with Gasteiger partial charge in [-0.1, -0.05) is 0 Å². The van der Waals surface area contributed by atoms with Crippen LogP contribution in [0.3, 0.4) is 0 Å². The van der Waals surface area contributed by atoms with Crippen LogP contribution in [-0.4, -0.2) is 37.8 Å². The lowest BCUT2D eigenvalue weighted by molar-refractivity contribution is 0.00578. The van der Waals surface area contributed by atoms with Gasteiger partial charge in [0.25, 0.3) is 0 Å². The molecule has 2 atom stereocenters. The molecule has 0 saturated carbocycles. The molecular formula is C11H20BF2NO2. The zero-order valence-electron chi connectivity index (χ0n) is 10.8. The van der Waals surface area contributed by atoms with Gasteiger partial charge in [-0.3, -0.25) is 0 Å². The second kappa shape index (κ2) is 4.18. The molecule has 2 rings (SSSR count). The summed E-state index contributed by atoms with van der Waals surface area (Å²) >= 11 is 0. The molecule has 3 nitrogen and oxygen atoms in total. The predicted octanol–water partition coefficient (Wildman–Crippen LogP) is 1.93. The number of hydrogen-bond acceptors (Lipinski definition) is 3. The van der Waals surface area contributed by atoms with Crippen LogP contribution in [0.15, 0.2) is 0 Å². The molecule has 0 spiro atoms. The van der Waals surface area contributed by atoms with Gasteiger partial charge in [-0.05, 0) is 34.2 Å². The molecule has 0 amide bonds. The van der Waals surface area contributed by atoms with Gasteiger partial charge in [-0.25, -0.2) is 8.78 Å². The molecule has 0 aromatic rings. The summed E-state index contributed by atoms with van der Waals surface area (Å²) in [5.74, 6) is -0.944. The van der Waals surface area contributed by atoms with Crippen LogP contribution in [0.5, 0.6) is 0 Å². The standard InChI is InChI=1S/C11H20BF2NO2/c1-10(2)11(3,4)17-12(16-10)8-6-15-5-7(8)9(13)14/h7-9,15H,5-6H2,1-4H3. The molecule has 0 radical (unpaired) electrons. The first-order chi connectivity index (χ1) is 7.74. The zero-order chi connectivity index (χ0) is 12.8. The fourth-order valence-corrected chi connectivity index (χ4v) is 2.36. The molecule has 2 aliphatic heterocycles. The van der Waals surface area contributed by atoms with Crippen LogP contribution < -0.4 is 5.32 Å². The number of rotatable bonds is 2. The average Bonchev–Trinajstić information content (AvgIpc) is 2.69. The Balaban J connectivity index is 2.10. The third kappa shape index (κ3) is 2.22. The summed E-state index contributed by atoms with van der Waals surface area (Å²) < 4.78 is 37.4. The van der Waals surface area contributed by atoms with Crippen molar-refractivity contribution in [3.8, 4) is 0 Å². The van der Waals surface area contributed by atoms with E-state index >= 15 is 0 Å². The number of nitrogens with one attached hydrogen (secondary N) is 1. The van der Waals surface area contributed by atoms with Gasteiger partial charge < -0.3 is 14.6 Å². The molecule has 2 saturated heterocycles. The maximum absolute atomic E-state index is 12.9. The monoisotopic (exact) mass is 247 g/mol. The van der Waals surface area contributed by atoms with Crippen LogP contribution in [-0.2, 0) is 9.31 Å². The summed E-state index contributed by atoms with van der Waals surface area (Å²) in [7, 11) is -0.533. The molecular weight excluding hydrogens is 227 g/mol. The summed E-state index contributed by atoms with van der Waals surface area (Å²) in [5.41, 5.74) is -0.903. The molecule has 0 aromatic heterocycles. The molecule has 0 aromatic carbocycles. The number of halogens is 2. The van der Waals surface area contributed by atoms with Gasteiger partial charge in [0.2, 0.25) is 6.43 Å². The smallest absolute Gasteiger partial charge is 0.403 e. The van der Waals surface area contributed by atoms with Crippen molar-refractivity contribution in [1.82, 2.24) is 5.32 Å². The minimum Gasteiger partial charge on any atom is -0.403 e. The van der Waals surface area contributed by atoms with E-state index in [0.29, 0.717) is 13.1 Å². The Hall–Kier alpha value is -0.195. The third-order valence-corrected chi connectivity index (χ3v) is 4.25. The largest absolute Gasteiger partial charge is 0.463 e. The third-order valence-electron chi connectivity index (χ3n) is 4.25. The first-order valence-corrected chi connectivity index (χ1v) is 6.09. The van der Waals surface area contributed by atoms with Crippen molar-refractivity contribution in [2.45, 2.75) is 51.1 Å². The van der Waals surface area contributed by atoms with Crippen LogP contribution in [0.2, 0.25) is 5.82 Å². The van der Waals surface area contributed by atoms with E-state index in [2.05, 4.69) is 5.32 Å². The van der Waals surface area contributed by atoms with Crippen molar-refractivity contribution in [1.29, 1.82) is 0 Å². The van der Waals surface area contributed by atoms with E-state index in [9.17, 15) is 8.78 Å². The van der Waals surface area contributed by atoms with E-state index in [-0.39, 0.29) is 5.82 Å². The first kappa shape index (κ1) is 13.2. The summed E-state index contributed by atoms with van der Waals surface area (Å²) in [6.45, 7) is 8.62. The van der Waals surface area contributed by atoms with Crippen molar-refractivity contribution in [3.63, 3.8) is 0 Å². The van der Waals surface area contributed by atoms with Crippen LogP contribution in [0.1, 0.15) is 27.7 Å². The van der Waals surface area contributed by atoms with E-state index in [1.807, 2.05) is 27.7 Å². The quantitative estimate of drug-likeness (QED) is 0.756. The molecule has 98 valence electrons. The fourth-order valence-electron chi connectivity index (χ4n) is 2.36. The molecule has 17 heavy (non-hydrogen) atoms. The van der Waals surface area contributed by atoms with Gasteiger partial charge in [0.1, 0.15) is 0 Å². The Labute approximate surface area is 101 Å². The summed E-state index contributed by atoms with van der Waals surface area (Å²) in [6, 6.07) is 0. The van der Waals surface area contributed by atoms with Gasteiger partial charge >= 0.3 is 7.12 Å². The van der Waals surface area contributed by atoms with E-state index in [1.54, 1.807) is 0 Å². The highest BCUT2D eigenvalue weighted by Crippen LogP contribution is 2.43. The lowest BCUT2D eigenvalue weighted by Gasteiger charge is -2.32. The topological polar surface area (TPSA) is 30.5 Å². The highest BCUT2D eigenvalue weighted by Gasteiger charge is 2.56. The highest BCUT2D eigenvalue weighted by atomic mass is 19.3. The van der Waals surface area contributed by atoms with Gasteiger partial charge in [-0.2, -0.15) is 0 Å². The lowest BCUT2D eigenvalue weighted by atomic mass is 9.66. The summed E-state index contributed by atoms with van der Waals surface area (Å²) in [5, 5.41) is 3.00. The molecule has 2 unspecified atom stereocenters. The van der Waals surface area contributed by atoms with Gasteiger partial charge in [-0.15, -0.1) is 0 Å². The van der Waals surface area contributed by atoms with Crippen molar-refractivity contribution in [2.24, 2.45) is 5.92 Å². The Bertz CT molecular complexity index is 283. The minimum absolute atomic E-state index is 0.268. The van der Waals surface area contributed by atoms with Gasteiger partial charge in [0.05, 0.1) is 11.2 Å². The molecule has 2 aliphatic rings. The average molecular weight is 247 g/mol. The summed E-state index contributed by atoms with van der Waals surface area (Å²) in [6.07, 6.45) is -2.32. The molecule has 6 heteroatoms.